The molecular formula is C26H30F2N6O4S2. The van der Waals surface area contributed by atoms with Gasteiger partial charge < -0.3 is 10.1 Å². The Morgan fingerprint density at radius 3 is 2.77 bits per heavy atom. The van der Waals surface area contributed by atoms with Gasteiger partial charge in [0.25, 0.3) is 12.3 Å². The molecule has 40 heavy (non-hydrogen) atoms. The second-order valence-electron chi connectivity index (χ2n) is 10.1. The molecule has 2 N–H and O–H groups in total. The molecule has 214 valence electrons. The molecule has 1 aromatic heterocycles. The second kappa shape index (κ2) is 10.9. The zero-order valence-electron chi connectivity index (χ0n) is 22.3. The van der Waals surface area contributed by atoms with Crippen LogP contribution < -0.4 is 14.9 Å². The third kappa shape index (κ3) is 5.76. The number of amidine groups is 1. The van der Waals surface area contributed by atoms with Crippen LogP contribution in [0.15, 0.2) is 35.4 Å². The molecule has 0 spiro atoms. The molecule has 4 aliphatic rings. The van der Waals surface area contributed by atoms with E-state index in [-0.39, 0.29) is 45.9 Å². The van der Waals surface area contributed by atoms with E-state index in [4.69, 9.17) is 4.74 Å². The van der Waals surface area contributed by atoms with E-state index in [0.29, 0.717) is 23.9 Å². The topological polar surface area (TPSA) is 116 Å². The van der Waals surface area contributed by atoms with Crippen molar-refractivity contribution in [2.45, 2.75) is 49.9 Å². The predicted octanol–water partition coefficient (Wildman–Crippen LogP) is 2.93. The fourth-order valence-electron chi connectivity index (χ4n) is 4.41. The number of anilines is 1. The number of aromatic nitrogens is 1. The molecule has 10 nitrogen and oxygen atoms in total. The van der Waals surface area contributed by atoms with Gasteiger partial charge in [0.2, 0.25) is 10.0 Å². The van der Waals surface area contributed by atoms with E-state index in [9.17, 15) is 22.0 Å². The summed E-state index contributed by atoms with van der Waals surface area (Å²) in [6.07, 6.45) is 4.44. The van der Waals surface area contributed by atoms with Crippen LogP contribution in [-0.4, -0.2) is 73.3 Å². The molecule has 3 aliphatic heterocycles. The van der Waals surface area contributed by atoms with Crippen molar-refractivity contribution >= 4 is 44.3 Å². The van der Waals surface area contributed by atoms with Gasteiger partial charge in [-0.25, -0.2) is 22.2 Å². The molecule has 4 heterocycles. The maximum atomic E-state index is 14.0. The molecule has 1 amide bonds. The van der Waals surface area contributed by atoms with Crippen LogP contribution in [0.5, 0.6) is 0 Å². The first-order chi connectivity index (χ1) is 19.0. The number of carbonyl (C=O) groups is 1. The highest BCUT2D eigenvalue weighted by molar-refractivity contribution is 8.14. The fourth-order valence-corrected chi connectivity index (χ4v) is 6.85. The first kappa shape index (κ1) is 28.2. The van der Waals surface area contributed by atoms with Crippen LogP contribution in [0.2, 0.25) is 0 Å². The number of amides is 1. The molecule has 0 radical (unpaired) electrons. The summed E-state index contributed by atoms with van der Waals surface area (Å²) in [4.78, 5) is 17.9. The molecule has 0 bridgehead atoms. The van der Waals surface area contributed by atoms with Gasteiger partial charge in [0, 0.05) is 43.0 Å². The summed E-state index contributed by atoms with van der Waals surface area (Å²) in [5, 5.41) is 11.5. The van der Waals surface area contributed by atoms with Gasteiger partial charge in [-0.15, -0.1) is 0 Å². The number of carbonyl (C=O) groups excluding carboxylic acids is 1. The Morgan fingerprint density at radius 1 is 1.32 bits per heavy atom. The number of hydrazone groups is 1. The van der Waals surface area contributed by atoms with E-state index in [0.717, 1.165) is 12.8 Å². The van der Waals surface area contributed by atoms with Gasteiger partial charge in [0.15, 0.2) is 10.5 Å². The van der Waals surface area contributed by atoms with Crippen LogP contribution in [0.1, 0.15) is 48.5 Å². The summed E-state index contributed by atoms with van der Waals surface area (Å²) in [5.74, 6) is 6.48. The lowest BCUT2D eigenvalue weighted by Crippen LogP contribution is -2.46. The smallest absolute Gasteiger partial charge is 0.264 e. The number of nitrogens with zero attached hydrogens (tertiary/aromatic N) is 4. The van der Waals surface area contributed by atoms with Crippen LogP contribution >= 0.6 is 11.8 Å². The lowest BCUT2D eigenvalue weighted by atomic mass is 9.90. The quantitative estimate of drug-likeness (QED) is 0.502. The Hall–Kier alpha value is -3.31. The number of allylic oxidation sites excluding steroid dienone is 1. The number of alkyl halides is 2. The third-order valence-electron chi connectivity index (χ3n) is 6.95. The SMILES string of the molecule is COC1=CNC(C)(C(F)F)C=C1c1cc(N2CCCCS2(=O)=O)ncc1C(=O)NC1=NN(C)C(C#CC2CC2)S1. The number of hydrogen-bond donors (Lipinski definition) is 2. The molecule has 0 aromatic carbocycles. The summed E-state index contributed by atoms with van der Waals surface area (Å²) in [6.45, 7) is 1.55. The minimum atomic E-state index is -3.62. The molecule has 2 unspecified atom stereocenters. The average Bonchev–Trinajstić information content (AvgIpc) is 3.68. The largest absolute Gasteiger partial charge is 0.495 e. The van der Waals surface area contributed by atoms with Gasteiger partial charge in [-0.05, 0) is 56.5 Å². The number of hydrogen-bond acceptors (Lipinski definition) is 9. The minimum absolute atomic E-state index is 0.0269. The molecule has 1 aromatic rings. The van der Waals surface area contributed by atoms with Crippen molar-refractivity contribution in [3.63, 3.8) is 0 Å². The number of nitrogens with one attached hydrogen (secondary N) is 2. The van der Waals surface area contributed by atoms with Crippen molar-refractivity contribution in [1.29, 1.82) is 0 Å². The maximum Gasteiger partial charge on any atom is 0.264 e. The van der Waals surface area contributed by atoms with E-state index in [1.165, 1.54) is 54.6 Å². The lowest BCUT2D eigenvalue weighted by Gasteiger charge is -2.32. The van der Waals surface area contributed by atoms with E-state index in [2.05, 4.69) is 32.6 Å². The molecule has 2 atom stereocenters. The van der Waals surface area contributed by atoms with Crippen molar-refractivity contribution in [2.24, 2.45) is 11.0 Å². The number of methoxy groups -OCH3 is 1. The van der Waals surface area contributed by atoms with Gasteiger partial charge >= 0.3 is 0 Å². The maximum absolute atomic E-state index is 14.0. The molecule has 1 aliphatic carbocycles. The Kier molecular flexibility index (Phi) is 7.71. The van der Waals surface area contributed by atoms with E-state index in [1.807, 2.05) is 0 Å². The molecule has 5 rings (SSSR count). The van der Waals surface area contributed by atoms with Gasteiger partial charge in [-0.1, -0.05) is 11.8 Å². The normalized spacial score (nSPS) is 25.8. The molecule has 2 fully saturated rings. The van der Waals surface area contributed by atoms with Crippen molar-refractivity contribution in [3.8, 4) is 11.8 Å². The highest BCUT2D eigenvalue weighted by Gasteiger charge is 2.38. The van der Waals surface area contributed by atoms with Gasteiger partial charge in [-0.2, -0.15) is 5.10 Å². The van der Waals surface area contributed by atoms with E-state index in [1.54, 1.807) is 12.1 Å². The van der Waals surface area contributed by atoms with Crippen LogP contribution in [0.4, 0.5) is 14.6 Å². The standard InChI is InChI=1S/C26H30F2N6O4S2/c1-26(24(27)28)13-18(20(38-3)15-30-26)17-12-21(34-10-4-5-11-40(34,36)37)29-14-19(17)23(35)31-25-32-33(2)22(39-25)9-8-16-6-7-16/h12-16,22,24,30H,4-7,10-11H2,1-3H3,(H,31,32,35). The number of dihydropyridines is 1. The zero-order chi connectivity index (χ0) is 28.7. The lowest BCUT2D eigenvalue weighted by molar-refractivity contribution is 0.0732. The predicted molar refractivity (Wildman–Crippen MR) is 150 cm³/mol. The van der Waals surface area contributed by atoms with Crippen LogP contribution in [-0.2, 0) is 14.8 Å². The fraction of sp³-hybridized carbons (Fsp3) is 0.500. The van der Waals surface area contributed by atoms with Crippen LogP contribution in [0, 0.1) is 17.8 Å². The van der Waals surface area contributed by atoms with Crippen LogP contribution in [0.3, 0.4) is 0 Å². The molecule has 1 saturated heterocycles. The zero-order valence-corrected chi connectivity index (χ0v) is 23.9. The molecular weight excluding hydrogens is 562 g/mol. The Balaban J connectivity index is 1.52. The number of sulfonamides is 1. The second-order valence-corrected chi connectivity index (χ2v) is 13.2. The first-order valence-electron chi connectivity index (χ1n) is 12.9. The number of rotatable bonds is 5. The van der Waals surface area contributed by atoms with Crippen LogP contribution in [0.25, 0.3) is 5.57 Å². The Labute approximate surface area is 236 Å². The summed E-state index contributed by atoms with van der Waals surface area (Å²) < 4.78 is 60.3. The number of thioether (sulfide) groups is 1. The third-order valence-corrected chi connectivity index (χ3v) is 9.85. The highest BCUT2D eigenvalue weighted by atomic mass is 32.2. The Bertz CT molecular complexity index is 1460. The minimum Gasteiger partial charge on any atom is -0.495 e. The van der Waals surface area contributed by atoms with E-state index < -0.39 is 27.9 Å². The van der Waals surface area contributed by atoms with Crippen molar-refractivity contribution in [2.75, 3.05) is 30.8 Å². The molecule has 1 saturated carbocycles. The van der Waals surface area contributed by atoms with Gasteiger partial charge in [0.05, 0.1) is 18.4 Å². The summed E-state index contributed by atoms with van der Waals surface area (Å²) >= 11 is 1.29. The average molecular weight is 593 g/mol. The monoisotopic (exact) mass is 592 g/mol. The van der Waals surface area contributed by atoms with Crippen molar-refractivity contribution in [1.82, 2.24) is 20.6 Å². The van der Waals surface area contributed by atoms with Gasteiger partial charge in [-0.3, -0.25) is 19.4 Å². The first-order valence-corrected chi connectivity index (χ1v) is 15.3. The number of halogens is 2. The number of ether oxygens (including phenoxy) is 1. The number of pyridine rings is 1. The van der Waals surface area contributed by atoms with Crippen molar-refractivity contribution in [3.05, 3.63) is 41.4 Å². The Morgan fingerprint density at radius 2 is 2.10 bits per heavy atom. The summed E-state index contributed by atoms with van der Waals surface area (Å²) in [5.41, 5.74) is -1.30. The molecule has 14 heteroatoms. The van der Waals surface area contributed by atoms with E-state index >= 15 is 0 Å². The summed E-state index contributed by atoms with van der Waals surface area (Å²) in [7, 11) is -0.474. The highest BCUT2D eigenvalue weighted by Crippen LogP contribution is 2.36. The summed E-state index contributed by atoms with van der Waals surface area (Å²) in [6, 6.07) is 1.44. The van der Waals surface area contributed by atoms with Crippen molar-refractivity contribution < 1.29 is 26.7 Å². The van der Waals surface area contributed by atoms with Gasteiger partial charge in [0.1, 0.15) is 17.1 Å².